The average molecular weight is 164 g/mol. The molecule has 0 aromatic heterocycles. The highest BCUT2D eigenvalue weighted by Crippen LogP contribution is 1.79. The molecule has 0 rings (SSSR count). The van der Waals surface area contributed by atoms with Gasteiger partial charge in [0.25, 0.3) is 0 Å². The van der Waals surface area contributed by atoms with Crippen LogP contribution in [0.3, 0.4) is 0 Å². The summed E-state index contributed by atoms with van der Waals surface area (Å²) < 4.78 is 4.99. The van der Waals surface area contributed by atoms with Crippen molar-refractivity contribution in [2.24, 2.45) is 0 Å². The SMILES string of the molecule is C#CCCC#CNCCOC[CH2]. The van der Waals surface area contributed by atoms with Crippen LogP contribution in [0.4, 0.5) is 0 Å². The lowest BCUT2D eigenvalue weighted by Gasteiger charge is -1.97. The molecular weight excluding hydrogens is 150 g/mol. The summed E-state index contributed by atoms with van der Waals surface area (Å²) in [6.07, 6.45) is 6.51. The molecule has 0 fully saturated rings. The molecule has 0 aromatic rings. The Labute approximate surface area is 74.7 Å². The van der Waals surface area contributed by atoms with Crippen LogP contribution in [0.2, 0.25) is 0 Å². The van der Waals surface area contributed by atoms with E-state index in [-0.39, 0.29) is 0 Å². The number of hydrogen-bond acceptors (Lipinski definition) is 2. The summed E-state index contributed by atoms with van der Waals surface area (Å²) >= 11 is 0. The molecule has 1 radical (unpaired) electrons. The first kappa shape index (κ1) is 10.9. The van der Waals surface area contributed by atoms with E-state index in [1.807, 2.05) is 0 Å². The molecule has 2 nitrogen and oxygen atoms in total. The highest BCUT2D eigenvalue weighted by Gasteiger charge is 1.80. The monoisotopic (exact) mass is 164 g/mol. The van der Waals surface area contributed by atoms with Crippen LogP contribution in [0, 0.1) is 31.2 Å². The van der Waals surface area contributed by atoms with Gasteiger partial charge in [0, 0.05) is 32.0 Å². The summed E-state index contributed by atoms with van der Waals surface area (Å²) in [6.45, 7) is 5.42. The molecule has 0 spiro atoms. The number of nitrogens with one attached hydrogen (secondary N) is 1. The van der Waals surface area contributed by atoms with E-state index in [0.717, 1.165) is 13.0 Å². The van der Waals surface area contributed by atoms with Crippen molar-refractivity contribution in [3.8, 4) is 24.3 Å². The van der Waals surface area contributed by atoms with E-state index < -0.39 is 0 Å². The maximum atomic E-state index is 5.04. The van der Waals surface area contributed by atoms with Gasteiger partial charge in [0.15, 0.2) is 0 Å². The summed E-state index contributed by atoms with van der Waals surface area (Å²) in [5, 5.41) is 2.90. The van der Waals surface area contributed by atoms with Gasteiger partial charge in [-0.3, -0.25) is 0 Å². The van der Waals surface area contributed by atoms with Gasteiger partial charge in [-0.25, -0.2) is 0 Å². The van der Waals surface area contributed by atoms with Crippen LogP contribution in [0.5, 0.6) is 0 Å². The molecule has 2 heteroatoms. The molecule has 0 unspecified atom stereocenters. The lowest BCUT2D eigenvalue weighted by molar-refractivity contribution is 0.165. The molecule has 65 valence electrons. The fourth-order valence-electron chi connectivity index (χ4n) is 0.547. The summed E-state index contributed by atoms with van der Waals surface area (Å²) in [7, 11) is 0. The van der Waals surface area contributed by atoms with Crippen LogP contribution in [-0.2, 0) is 4.74 Å². The summed E-state index contributed by atoms with van der Waals surface area (Å²) in [4.78, 5) is 0. The topological polar surface area (TPSA) is 21.3 Å². The molecule has 0 amide bonds. The molecule has 0 aliphatic carbocycles. The molecule has 0 aromatic carbocycles. The van der Waals surface area contributed by atoms with Crippen molar-refractivity contribution in [1.82, 2.24) is 5.32 Å². The third kappa shape index (κ3) is 8.88. The number of rotatable bonds is 5. The third-order valence-corrected chi connectivity index (χ3v) is 1.09. The van der Waals surface area contributed by atoms with Crippen molar-refractivity contribution in [1.29, 1.82) is 0 Å². The van der Waals surface area contributed by atoms with E-state index >= 15 is 0 Å². The van der Waals surface area contributed by atoms with Gasteiger partial charge in [-0.15, -0.1) is 12.3 Å². The van der Waals surface area contributed by atoms with E-state index in [9.17, 15) is 0 Å². The van der Waals surface area contributed by atoms with E-state index in [1.165, 1.54) is 0 Å². The predicted molar refractivity (Wildman–Crippen MR) is 50.0 cm³/mol. The summed E-state index contributed by atoms with van der Waals surface area (Å²) in [5.74, 6) is 5.40. The van der Waals surface area contributed by atoms with Crippen molar-refractivity contribution in [3.63, 3.8) is 0 Å². The Morgan fingerprint density at radius 2 is 2.25 bits per heavy atom. The van der Waals surface area contributed by atoms with Crippen LogP contribution < -0.4 is 5.32 Å². The number of unbranched alkanes of at least 4 members (excludes halogenated alkanes) is 1. The summed E-state index contributed by atoms with van der Waals surface area (Å²) in [6, 6.07) is 2.78. The molecular formula is C10H14NO. The molecule has 0 saturated heterocycles. The molecule has 0 atom stereocenters. The lowest BCUT2D eigenvalue weighted by atomic mass is 10.3. The van der Waals surface area contributed by atoms with Crippen molar-refractivity contribution in [2.75, 3.05) is 19.8 Å². The Bertz CT molecular complexity index is 182. The molecule has 0 aliphatic heterocycles. The van der Waals surface area contributed by atoms with Crippen LogP contribution >= 0.6 is 0 Å². The zero-order valence-electron chi connectivity index (χ0n) is 7.23. The Hall–Kier alpha value is -1.12. The van der Waals surface area contributed by atoms with Gasteiger partial charge in [-0.1, -0.05) is 5.92 Å². The fraction of sp³-hybridized carbons (Fsp3) is 0.500. The maximum absolute atomic E-state index is 5.04. The first-order chi connectivity index (χ1) is 5.91. The Morgan fingerprint density at radius 3 is 2.92 bits per heavy atom. The highest BCUT2D eigenvalue weighted by atomic mass is 16.5. The van der Waals surface area contributed by atoms with Gasteiger partial charge in [0.05, 0.1) is 6.61 Å². The molecule has 0 bridgehead atoms. The zero-order chi connectivity index (χ0) is 9.07. The van der Waals surface area contributed by atoms with E-state index in [4.69, 9.17) is 11.2 Å². The second-order valence-corrected chi connectivity index (χ2v) is 2.05. The predicted octanol–water partition coefficient (Wildman–Crippen LogP) is 0.801. The minimum absolute atomic E-state index is 0.506. The third-order valence-electron chi connectivity index (χ3n) is 1.09. The number of terminal acetylenes is 1. The largest absolute Gasteiger partial charge is 0.380 e. The maximum Gasteiger partial charge on any atom is 0.0646 e. The van der Waals surface area contributed by atoms with Crippen LogP contribution in [0.15, 0.2) is 0 Å². The summed E-state index contributed by atoms with van der Waals surface area (Å²) in [5.41, 5.74) is 0. The lowest BCUT2D eigenvalue weighted by Crippen LogP contribution is -2.13. The van der Waals surface area contributed by atoms with Crippen LogP contribution in [0.25, 0.3) is 0 Å². The smallest absolute Gasteiger partial charge is 0.0646 e. The zero-order valence-corrected chi connectivity index (χ0v) is 7.23. The van der Waals surface area contributed by atoms with Crippen molar-refractivity contribution >= 4 is 0 Å². The van der Waals surface area contributed by atoms with Crippen molar-refractivity contribution < 1.29 is 4.74 Å². The second kappa shape index (κ2) is 9.88. The van der Waals surface area contributed by atoms with Crippen LogP contribution in [0.1, 0.15) is 12.8 Å². The molecule has 0 heterocycles. The van der Waals surface area contributed by atoms with Crippen molar-refractivity contribution in [2.45, 2.75) is 12.8 Å². The minimum atomic E-state index is 0.506. The van der Waals surface area contributed by atoms with Gasteiger partial charge >= 0.3 is 0 Å². The normalized spacial score (nSPS) is 8.00. The molecule has 1 N–H and O–H groups in total. The van der Waals surface area contributed by atoms with Gasteiger partial charge in [-0.05, 0) is 6.92 Å². The van der Waals surface area contributed by atoms with Gasteiger partial charge in [0.1, 0.15) is 0 Å². The van der Waals surface area contributed by atoms with Gasteiger partial charge < -0.3 is 10.1 Å². The quantitative estimate of drug-likeness (QED) is 0.369. The average Bonchev–Trinajstić information content (AvgIpc) is 2.10. The Balaban J connectivity index is 3.06. The van der Waals surface area contributed by atoms with Gasteiger partial charge in [0.2, 0.25) is 0 Å². The van der Waals surface area contributed by atoms with Gasteiger partial charge in [-0.2, -0.15) is 0 Å². The van der Waals surface area contributed by atoms with E-state index in [1.54, 1.807) is 0 Å². The van der Waals surface area contributed by atoms with Crippen molar-refractivity contribution in [3.05, 3.63) is 6.92 Å². The Kier molecular flexibility index (Phi) is 8.96. The number of ether oxygens (including phenoxy) is 1. The Morgan fingerprint density at radius 1 is 1.42 bits per heavy atom. The first-order valence-electron chi connectivity index (χ1n) is 3.93. The standard InChI is InChI=1S/C10H14NO/c1-3-5-6-7-8-11-9-10-12-4-2/h1,11H,2,4-6,9-10H2. The van der Waals surface area contributed by atoms with Crippen LogP contribution in [-0.4, -0.2) is 19.8 Å². The number of hydrogen-bond donors (Lipinski definition) is 1. The fourth-order valence-corrected chi connectivity index (χ4v) is 0.547. The highest BCUT2D eigenvalue weighted by molar-refractivity contribution is 5.00. The van der Waals surface area contributed by atoms with E-state index in [2.05, 4.69) is 30.1 Å². The second-order valence-electron chi connectivity index (χ2n) is 2.05. The molecule has 0 aliphatic rings. The van der Waals surface area contributed by atoms with E-state index in [0.29, 0.717) is 19.6 Å². The molecule has 0 saturated carbocycles. The first-order valence-corrected chi connectivity index (χ1v) is 3.93. The minimum Gasteiger partial charge on any atom is -0.380 e. The molecule has 12 heavy (non-hydrogen) atoms.